The maximum Gasteiger partial charge on any atom is 0.379 e. The average Bonchev–Trinajstić information content (AvgIpc) is 2.17. The smallest absolute Gasteiger partial charge is 0.379 e. The lowest BCUT2D eigenvalue weighted by Crippen LogP contribution is -2.13. The zero-order valence-corrected chi connectivity index (χ0v) is 7.01. The molecule has 0 unspecified atom stereocenters. The molecule has 0 aliphatic heterocycles. The summed E-state index contributed by atoms with van der Waals surface area (Å²) in [6, 6.07) is 0. The highest BCUT2D eigenvalue weighted by molar-refractivity contribution is 5.90. The van der Waals surface area contributed by atoms with Crippen molar-refractivity contribution in [2.45, 2.75) is 6.92 Å². The standard InChI is InChI=1S/C6H6N4O3/c1-3(11)4-7-9-5(10-8-4)6(12)13-2/h1-2H3. The lowest BCUT2D eigenvalue weighted by molar-refractivity contribution is 0.0582. The normalized spacial score (nSPS) is 9.38. The van der Waals surface area contributed by atoms with E-state index >= 15 is 0 Å². The zero-order valence-electron chi connectivity index (χ0n) is 7.01. The molecule has 0 atom stereocenters. The Morgan fingerprint density at radius 3 is 1.92 bits per heavy atom. The SMILES string of the molecule is COC(=O)c1nnc(C(C)=O)nn1. The molecule has 7 nitrogen and oxygen atoms in total. The number of hydrogen-bond donors (Lipinski definition) is 0. The molecule has 68 valence electrons. The number of carbonyl (C=O) groups is 2. The van der Waals surface area contributed by atoms with Crippen molar-refractivity contribution >= 4 is 11.8 Å². The Morgan fingerprint density at radius 2 is 1.54 bits per heavy atom. The highest BCUT2D eigenvalue weighted by atomic mass is 16.5. The fraction of sp³-hybridized carbons (Fsp3) is 0.333. The van der Waals surface area contributed by atoms with Crippen molar-refractivity contribution < 1.29 is 14.3 Å². The van der Waals surface area contributed by atoms with Crippen LogP contribution in [0.3, 0.4) is 0 Å². The molecule has 1 aromatic rings. The van der Waals surface area contributed by atoms with Crippen LogP contribution in [-0.2, 0) is 4.74 Å². The molecule has 13 heavy (non-hydrogen) atoms. The first kappa shape index (κ1) is 9.17. The van der Waals surface area contributed by atoms with E-state index in [-0.39, 0.29) is 17.4 Å². The summed E-state index contributed by atoms with van der Waals surface area (Å²) in [5, 5.41) is 13.4. The summed E-state index contributed by atoms with van der Waals surface area (Å²) in [5.74, 6) is -1.51. The van der Waals surface area contributed by atoms with Crippen molar-refractivity contribution in [2.75, 3.05) is 7.11 Å². The van der Waals surface area contributed by atoms with Crippen LogP contribution in [0.2, 0.25) is 0 Å². The van der Waals surface area contributed by atoms with Gasteiger partial charge in [0.2, 0.25) is 11.6 Å². The van der Waals surface area contributed by atoms with Crippen LogP contribution >= 0.6 is 0 Å². The third-order valence-electron chi connectivity index (χ3n) is 1.16. The number of methoxy groups -OCH3 is 1. The number of rotatable bonds is 2. The van der Waals surface area contributed by atoms with Gasteiger partial charge in [-0.25, -0.2) is 4.79 Å². The lowest BCUT2D eigenvalue weighted by atomic mass is 10.4. The number of ether oxygens (including phenoxy) is 1. The first-order valence-electron chi connectivity index (χ1n) is 3.32. The summed E-state index contributed by atoms with van der Waals surface area (Å²) in [5.41, 5.74) is 0. The van der Waals surface area contributed by atoms with Crippen LogP contribution < -0.4 is 0 Å². The number of aromatic nitrogens is 4. The van der Waals surface area contributed by atoms with E-state index < -0.39 is 5.97 Å². The molecule has 1 heterocycles. The van der Waals surface area contributed by atoms with Crippen molar-refractivity contribution in [1.82, 2.24) is 20.4 Å². The van der Waals surface area contributed by atoms with Crippen LogP contribution in [0, 0.1) is 0 Å². The summed E-state index contributed by atoms with van der Waals surface area (Å²) in [7, 11) is 1.19. The predicted molar refractivity (Wildman–Crippen MR) is 39.0 cm³/mol. The first-order valence-corrected chi connectivity index (χ1v) is 3.32. The molecule has 0 aliphatic carbocycles. The topological polar surface area (TPSA) is 94.9 Å². The van der Waals surface area contributed by atoms with E-state index in [4.69, 9.17) is 0 Å². The average molecular weight is 182 g/mol. The quantitative estimate of drug-likeness (QED) is 0.438. The summed E-state index contributed by atoms with van der Waals surface area (Å²) >= 11 is 0. The van der Waals surface area contributed by atoms with Crippen LogP contribution in [0.25, 0.3) is 0 Å². The Balaban J connectivity index is 2.93. The van der Waals surface area contributed by atoms with Gasteiger partial charge in [0.05, 0.1) is 7.11 Å². The monoisotopic (exact) mass is 182 g/mol. The van der Waals surface area contributed by atoms with Crippen LogP contribution in [0.5, 0.6) is 0 Å². The maximum atomic E-state index is 10.8. The van der Waals surface area contributed by atoms with E-state index in [1.54, 1.807) is 0 Å². The number of carbonyl (C=O) groups excluding carboxylic acids is 2. The molecule has 1 aromatic heterocycles. The third-order valence-corrected chi connectivity index (χ3v) is 1.16. The van der Waals surface area contributed by atoms with Gasteiger partial charge in [0.1, 0.15) is 0 Å². The number of ketones is 1. The Hall–Kier alpha value is -1.92. The number of nitrogens with zero attached hydrogens (tertiary/aromatic N) is 4. The fourth-order valence-electron chi connectivity index (χ4n) is 0.543. The zero-order chi connectivity index (χ0) is 9.84. The van der Waals surface area contributed by atoms with Crippen molar-refractivity contribution in [2.24, 2.45) is 0 Å². The fourth-order valence-corrected chi connectivity index (χ4v) is 0.543. The van der Waals surface area contributed by atoms with Crippen molar-refractivity contribution in [3.8, 4) is 0 Å². The summed E-state index contributed by atoms with van der Waals surface area (Å²) in [4.78, 5) is 21.5. The van der Waals surface area contributed by atoms with Crippen LogP contribution in [0.4, 0.5) is 0 Å². The molecule has 0 saturated heterocycles. The molecule has 0 aromatic carbocycles. The highest BCUT2D eigenvalue weighted by Crippen LogP contribution is 1.90. The minimum atomic E-state index is -0.741. The maximum absolute atomic E-state index is 10.8. The molecule has 0 saturated carbocycles. The third kappa shape index (κ3) is 2.01. The molecule has 7 heteroatoms. The predicted octanol–water partition coefficient (Wildman–Crippen LogP) is -0.744. The van der Waals surface area contributed by atoms with Crippen LogP contribution in [-0.4, -0.2) is 39.3 Å². The van der Waals surface area contributed by atoms with Crippen LogP contribution in [0.1, 0.15) is 28.2 Å². The number of esters is 1. The summed E-state index contributed by atoms with van der Waals surface area (Å²) < 4.78 is 4.31. The van der Waals surface area contributed by atoms with E-state index in [2.05, 4.69) is 25.1 Å². The van der Waals surface area contributed by atoms with E-state index in [0.717, 1.165) is 0 Å². The van der Waals surface area contributed by atoms with Gasteiger partial charge < -0.3 is 4.74 Å². The van der Waals surface area contributed by atoms with Gasteiger partial charge in [-0.05, 0) is 0 Å². The van der Waals surface area contributed by atoms with Gasteiger partial charge in [0.25, 0.3) is 5.82 Å². The molecular weight excluding hydrogens is 176 g/mol. The largest absolute Gasteiger partial charge is 0.463 e. The second-order valence-corrected chi connectivity index (χ2v) is 2.09. The molecule has 0 spiro atoms. The van der Waals surface area contributed by atoms with Gasteiger partial charge in [0.15, 0.2) is 0 Å². The molecule has 1 rings (SSSR count). The second-order valence-electron chi connectivity index (χ2n) is 2.09. The van der Waals surface area contributed by atoms with E-state index in [0.29, 0.717) is 0 Å². The Bertz CT molecular complexity index is 334. The first-order chi connectivity index (χ1) is 6.15. The van der Waals surface area contributed by atoms with Crippen LogP contribution in [0.15, 0.2) is 0 Å². The Kier molecular flexibility index (Phi) is 2.58. The Morgan fingerprint density at radius 1 is 1.08 bits per heavy atom. The van der Waals surface area contributed by atoms with Gasteiger partial charge >= 0.3 is 5.97 Å². The molecule has 0 fully saturated rings. The summed E-state index contributed by atoms with van der Waals surface area (Å²) in [6.07, 6.45) is 0. The van der Waals surface area contributed by atoms with Crippen molar-refractivity contribution in [3.05, 3.63) is 11.6 Å². The minimum absolute atomic E-state index is 0.132. The number of hydrogen-bond acceptors (Lipinski definition) is 7. The number of Topliss-reactive ketones (excluding diaryl/α,β-unsaturated/α-hetero) is 1. The van der Waals surface area contributed by atoms with E-state index in [1.165, 1.54) is 14.0 Å². The molecule has 0 bridgehead atoms. The second kappa shape index (κ2) is 3.65. The van der Waals surface area contributed by atoms with E-state index in [9.17, 15) is 9.59 Å². The van der Waals surface area contributed by atoms with Crippen molar-refractivity contribution in [3.63, 3.8) is 0 Å². The molecule has 0 aliphatic rings. The minimum Gasteiger partial charge on any atom is -0.463 e. The van der Waals surface area contributed by atoms with Gasteiger partial charge in [0, 0.05) is 6.92 Å². The van der Waals surface area contributed by atoms with Gasteiger partial charge in [-0.2, -0.15) is 0 Å². The van der Waals surface area contributed by atoms with Crippen molar-refractivity contribution in [1.29, 1.82) is 0 Å². The van der Waals surface area contributed by atoms with Gasteiger partial charge in [-0.15, -0.1) is 20.4 Å². The lowest BCUT2D eigenvalue weighted by Gasteiger charge is -1.94. The molecular formula is C6H6N4O3. The van der Waals surface area contributed by atoms with E-state index in [1.807, 2.05) is 0 Å². The highest BCUT2D eigenvalue weighted by Gasteiger charge is 2.12. The van der Waals surface area contributed by atoms with Gasteiger partial charge in [-0.1, -0.05) is 0 Å². The molecule has 0 amide bonds. The molecule has 0 radical (unpaired) electrons. The Labute approximate surface area is 73.1 Å². The molecule has 0 N–H and O–H groups in total. The van der Waals surface area contributed by atoms with Gasteiger partial charge in [-0.3, -0.25) is 4.79 Å². The summed E-state index contributed by atoms with van der Waals surface area (Å²) in [6.45, 7) is 1.27.